The van der Waals surface area contributed by atoms with Gasteiger partial charge in [0.2, 0.25) is 0 Å². The van der Waals surface area contributed by atoms with Gasteiger partial charge in [-0.05, 0) is 30.3 Å². The van der Waals surface area contributed by atoms with Crippen LogP contribution in [-0.4, -0.2) is 8.42 Å². The van der Waals surface area contributed by atoms with Crippen molar-refractivity contribution in [1.29, 1.82) is 0 Å². The Bertz CT molecular complexity index is 819. The van der Waals surface area contributed by atoms with Crippen LogP contribution in [0.5, 0.6) is 0 Å². The Kier molecular flexibility index (Phi) is 3.82. The van der Waals surface area contributed by atoms with Gasteiger partial charge in [0.05, 0.1) is 5.69 Å². The fourth-order valence-corrected chi connectivity index (χ4v) is 2.89. The summed E-state index contributed by atoms with van der Waals surface area (Å²) in [6.07, 6.45) is 5.20. The van der Waals surface area contributed by atoms with E-state index in [1.165, 1.54) is 18.2 Å². The van der Waals surface area contributed by atoms with E-state index in [1.807, 2.05) is 0 Å². The van der Waals surface area contributed by atoms with E-state index < -0.39 is 26.6 Å². The van der Waals surface area contributed by atoms with Crippen molar-refractivity contribution in [2.75, 3.05) is 10.5 Å². The molecule has 0 saturated carbocycles. The SMILES string of the molecule is C#Cc1cccc(NS(=O)(=O)c2c(F)cc(N)cc2F)c1. The van der Waals surface area contributed by atoms with Crippen molar-refractivity contribution in [3.63, 3.8) is 0 Å². The number of nitrogen functional groups attached to an aromatic ring is 1. The standard InChI is InChI=1S/C14H10F2N2O2S/c1-2-9-4-3-5-11(6-9)18-21(19,20)14-12(15)7-10(17)8-13(14)16/h1,3-8,18H,17H2. The van der Waals surface area contributed by atoms with Gasteiger partial charge < -0.3 is 5.73 Å². The zero-order valence-corrected chi connectivity index (χ0v) is 11.4. The van der Waals surface area contributed by atoms with Gasteiger partial charge in [0.25, 0.3) is 10.0 Å². The van der Waals surface area contributed by atoms with Crippen LogP contribution in [0.2, 0.25) is 0 Å². The first kappa shape index (κ1) is 14.8. The van der Waals surface area contributed by atoms with Gasteiger partial charge in [-0.15, -0.1) is 6.42 Å². The molecule has 2 aromatic rings. The third-order valence-corrected chi connectivity index (χ3v) is 4.00. The molecule has 0 spiro atoms. The smallest absolute Gasteiger partial charge is 0.267 e. The largest absolute Gasteiger partial charge is 0.399 e. The summed E-state index contributed by atoms with van der Waals surface area (Å²) in [6, 6.07) is 7.34. The van der Waals surface area contributed by atoms with Gasteiger partial charge in [0.15, 0.2) is 4.90 Å². The van der Waals surface area contributed by atoms with Gasteiger partial charge in [-0.1, -0.05) is 12.0 Å². The topological polar surface area (TPSA) is 72.2 Å². The van der Waals surface area contributed by atoms with Crippen molar-refractivity contribution >= 4 is 21.4 Å². The fourth-order valence-electron chi connectivity index (χ4n) is 1.71. The molecule has 21 heavy (non-hydrogen) atoms. The Morgan fingerprint density at radius 1 is 1.14 bits per heavy atom. The summed E-state index contributed by atoms with van der Waals surface area (Å²) in [5, 5.41) is 0. The second-order valence-corrected chi connectivity index (χ2v) is 5.76. The second-order valence-electron chi connectivity index (χ2n) is 4.14. The molecule has 0 fully saturated rings. The lowest BCUT2D eigenvalue weighted by Crippen LogP contribution is -2.16. The number of nitrogens with one attached hydrogen (secondary N) is 1. The molecule has 0 unspecified atom stereocenters. The quantitative estimate of drug-likeness (QED) is 0.675. The Morgan fingerprint density at radius 2 is 1.76 bits per heavy atom. The van der Waals surface area contributed by atoms with Crippen molar-refractivity contribution in [2.24, 2.45) is 0 Å². The average molecular weight is 308 g/mol. The van der Waals surface area contributed by atoms with E-state index >= 15 is 0 Å². The zero-order valence-electron chi connectivity index (χ0n) is 10.6. The number of hydrogen-bond donors (Lipinski definition) is 2. The van der Waals surface area contributed by atoms with Gasteiger partial charge in [0, 0.05) is 11.3 Å². The van der Waals surface area contributed by atoms with Crippen molar-refractivity contribution in [3.8, 4) is 12.3 Å². The van der Waals surface area contributed by atoms with Crippen LogP contribution in [0.25, 0.3) is 0 Å². The van der Waals surface area contributed by atoms with Crippen LogP contribution in [-0.2, 0) is 10.0 Å². The Hall–Kier alpha value is -2.59. The molecule has 7 heteroatoms. The summed E-state index contributed by atoms with van der Waals surface area (Å²) in [5.74, 6) is -0.217. The zero-order chi connectivity index (χ0) is 15.6. The number of nitrogens with two attached hydrogens (primary N) is 1. The van der Waals surface area contributed by atoms with Crippen molar-refractivity contribution in [3.05, 3.63) is 53.6 Å². The molecule has 0 aliphatic rings. The van der Waals surface area contributed by atoms with Crippen molar-refractivity contribution in [2.45, 2.75) is 4.90 Å². The molecule has 0 heterocycles. The third-order valence-electron chi connectivity index (χ3n) is 2.57. The van der Waals surface area contributed by atoms with E-state index in [2.05, 4.69) is 10.6 Å². The lowest BCUT2D eigenvalue weighted by atomic mass is 10.2. The molecule has 0 aliphatic carbocycles. The number of benzene rings is 2. The number of anilines is 2. The van der Waals surface area contributed by atoms with Crippen molar-refractivity contribution in [1.82, 2.24) is 0 Å². The monoisotopic (exact) mass is 308 g/mol. The summed E-state index contributed by atoms with van der Waals surface area (Å²) in [4.78, 5) is -1.09. The molecule has 0 radical (unpaired) electrons. The molecule has 0 saturated heterocycles. The Morgan fingerprint density at radius 3 is 2.33 bits per heavy atom. The lowest BCUT2D eigenvalue weighted by Gasteiger charge is -2.10. The fraction of sp³-hybridized carbons (Fsp3) is 0. The van der Waals surface area contributed by atoms with Crippen LogP contribution in [0.1, 0.15) is 5.56 Å². The van der Waals surface area contributed by atoms with E-state index in [9.17, 15) is 17.2 Å². The van der Waals surface area contributed by atoms with Crippen LogP contribution in [0.4, 0.5) is 20.2 Å². The van der Waals surface area contributed by atoms with Crippen LogP contribution in [0, 0.1) is 24.0 Å². The van der Waals surface area contributed by atoms with Gasteiger partial charge in [-0.2, -0.15) is 0 Å². The first-order valence-electron chi connectivity index (χ1n) is 5.67. The Balaban J connectivity index is 2.46. The molecule has 0 aromatic heterocycles. The van der Waals surface area contributed by atoms with Gasteiger partial charge in [-0.3, -0.25) is 4.72 Å². The number of sulfonamides is 1. The predicted molar refractivity (Wildman–Crippen MR) is 76.0 cm³/mol. The molecule has 0 atom stereocenters. The highest BCUT2D eigenvalue weighted by atomic mass is 32.2. The van der Waals surface area contributed by atoms with Gasteiger partial charge >= 0.3 is 0 Å². The molecule has 4 nitrogen and oxygen atoms in total. The van der Waals surface area contributed by atoms with Gasteiger partial charge in [0.1, 0.15) is 11.6 Å². The molecule has 0 bridgehead atoms. The van der Waals surface area contributed by atoms with Gasteiger partial charge in [-0.25, -0.2) is 17.2 Å². The highest BCUT2D eigenvalue weighted by Crippen LogP contribution is 2.24. The minimum atomic E-state index is -4.44. The molecule has 3 N–H and O–H groups in total. The molecule has 2 rings (SSSR count). The maximum absolute atomic E-state index is 13.7. The van der Waals surface area contributed by atoms with Crippen molar-refractivity contribution < 1.29 is 17.2 Å². The summed E-state index contributed by atoms with van der Waals surface area (Å²) in [5.41, 5.74) is 5.56. The van der Waals surface area contributed by atoms with Crippen LogP contribution in [0.3, 0.4) is 0 Å². The molecule has 108 valence electrons. The Labute approximate surface area is 120 Å². The molecule has 2 aromatic carbocycles. The number of hydrogen-bond acceptors (Lipinski definition) is 3. The average Bonchev–Trinajstić information content (AvgIpc) is 2.36. The maximum Gasteiger partial charge on any atom is 0.267 e. The molecular weight excluding hydrogens is 298 g/mol. The van der Waals surface area contributed by atoms with Crippen LogP contribution in [0.15, 0.2) is 41.3 Å². The third kappa shape index (κ3) is 3.12. The number of halogens is 2. The highest BCUT2D eigenvalue weighted by Gasteiger charge is 2.24. The summed E-state index contributed by atoms with van der Waals surface area (Å²) in [6.45, 7) is 0. The van der Waals surface area contributed by atoms with E-state index in [1.54, 1.807) is 6.07 Å². The number of rotatable bonds is 3. The minimum absolute atomic E-state index is 0.0982. The minimum Gasteiger partial charge on any atom is -0.399 e. The first-order chi connectivity index (χ1) is 9.83. The lowest BCUT2D eigenvalue weighted by molar-refractivity contribution is 0.522. The van der Waals surface area contributed by atoms with Crippen LogP contribution >= 0.6 is 0 Å². The summed E-state index contributed by atoms with van der Waals surface area (Å²) in [7, 11) is -4.44. The van der Waals surface area contributed by atoms with Crippen LogP contribution < -0.4 is 10.5 Å². The maximum atomic E-state index is 13.7. The molecular formula is C14H10F2N2O2S. The van der Waals surface area contributed by atoms with E-state index in [0.29, 0.717) is 5.56 Å². The normalized spacial score (nSPS) is 10.9. The molecule has 0 aliphatic heterocycles. The van der Waals surface area contributed by atoms with E-state index in [4.69, 9.17) is 12.2 Å². The molecule has 0 amide bonds. The summed E-state index contributed by atoms with van der Waals surface area (Å²) >= 11 is 0. The second kappa shape index (κ2) is 5.42. The predicted octanol–water partition coefficient (Wildman–Crippen LogP) is 2.33. The summed E-state index contributed by atoms with van der Waals surface area (Å²) < 4.78 is 53.6. The first-order valence-corrected chi connectivity index (χ1v) is 7.16. The highest BCUT2D eigenvalue weighted by molar-refractivity contribution is 7.92. The van der Waals surface area contributed by atoms with E-state index in [-0.39, 0.29) is 11.4 Å². The van der Waals surface area contributed by atoms with E-state index in [0.717, 1.165) is 12.1 Å². The number of terminal acetylenes is 1.